The number of carbonyl (C=O) groups is 1. The minimum Gasteiger partial charge on any atom is -0.461 e. The molecule has 0 heterocycles. The fourth-order valence-electron chi connectivity index (χ4n) is 2.48. The van der Waals surface area contributed by atoms with E-state index < -0.39 is 0 Å². The van der Waals surface area contributed by atoms with Crippen molar-refractivity contribution in [2.75, 3.05) is 32.0 Å². The number of hydrogen-bond acceptors (Lipinski definition) is 4. The monoisotopic (exact) mass is 320 g/mol. The van der Waals surface area contributed by atoms with Crippen LogP contribution in [0, 0.1) is 0 Å². The smallest absolute Gasteiger partial charge is 0.338 e. The molecule has 4 nitrogen and oxygen atoms in total. The molecule has 2 N–H and O–H groups in total. The number of nitrogen functional groups attached to an aromatic ring is 1. The summed E-state index contributed by atoms with van der Waals surface area (Å²) < 4.78 is 5.39. The number of nitrogens with two attached hydrogens (primary N) is 1. The molecule has 0 aliphatic rings. The molecule has 0 radical (unpaired) electrons. The van der Waals surface area contributed by atoms with Crippen molar-refractivity contribution in [1.82, 2.24) is 4.90 Å². The molecule has 4 heteroatoms. The third-order valence-electron chi connectivity index (χ3n) is 3.94. The number of nitrogens with zero attached hydrogens (tertiary/aromatic N) is 1. The molecule has 0 aliphatic carbocycles. The van der Waals surface area contributed by atoms with Crippen LogP contribution in [0.4, 0.5) is 5.69 Å². The fraction of sp³-hybridized carbons (Fsp3) is 0.632. The highest BCUT2D eigenvalue weighted by Gasteiger charge is 2.09. The highest BCUT2D eigenvalue weighted by molar-refractivity contribution is 5.89. The lowest BCUT2D eigenvalue weighted by Gasteiger charge is -2.22. The predicted octanol–water partition coefficient (Wildman–Crippen LogP) is 4.11. The molecule has 0 saturated carbocycles. The summed E-state index contributed by atoms with van der Waals surface area (Å²) >= 11 is 0. The molecular weight excluding hydrogens is 288 g/mol. The number of benzene rings is 1. The van der Waals surface area contributed by atoms with Crippen molar-refractivity contribution in [2.24, 2.45) is 0 Å². The summed E-state index contributed by atoms with van der Waals surface area (Å²) in [6.07, 6.45) is 7.41. The molecule has 0 bridgehead atoms. The van der Waals surface area contributed by atoms with Gasteiger partial charge in [-0.25, -0.2) is 4.79 Å². The summed E-state index contributed by atoms with van der Waals surface area (Å²) in [4.78, 5) is 14.4. The van der Waals surface area contributed by atoms with Gasteiger partial charge in [0.1, 0.15) is 6.61 Å². The molecule has 1 aromatic rings. The Morgan fingerprint density at radius 2 is 1.52 bits per heavy atom. The Bertz CT molecular complexity index is 422. The van der Waals surface area contributed by atoms with E-state index in [-0.39, 0.29) is 5.97 Å². The Hall–Kier alpha value is -1.55. The Labute approximate surface area is 141 Å². The lowest BCUT2D eigenvalue weighted by atomic mass is 10.2. The van der Waals surface area contributed by atoms with Crippen LogP contribution in [-0.2, 0) is 4.74 Å². The first kappa shape index (κ1) is 19.5. The first-order chi connectivity index (χ1) is 11.2. The molecule has 23 heavy (non-hydrogen) atoms. The van der Waals surface area contributed by atoms with Crippen molar-refractivity contribution >= 4 is 11.7 Å². The van der Waals surface area contributed by atoms with E-state index in [2.05, 4.69) is 18.7 Å². The molecule has 0 fully saturated rings. The topological polar surface area (TPSA) is 55.6 Å². The molecule has 0 saturated heterocycles. The van der Waals surface area contributed by atoms with E-state index in [1.54, 1.807) is 24.3 Å². The largest absolute Gasteiger partial charge is 0.461 e. The van der Waals surface area contributed by atoms with Crippen LogP contribution in [-0.4, -0.2) is 37.1 Å². The van der Waals surface area contributed by atoms with Crippen LogP contribution in [0.3, 0.4) is 0 Å². The van der Waals surface area contributed by atoms with Gasteiger partial charge in [-0.3, -0.25) is 4.90 Å². The zero-order valence-corrected chi connectivity index (χ0v) is 14.7. The van der Waals surface area contributed by atoms with E-state index >= 15 is 0 Å². The van der Waals surface area contributed by atoms with Crippen molar-refractivity contribution < 1.29 is 9.53 Å². The molecule has 0 spiro atoms. The molecule has 0 unspecified atom stereocenters. The summed E-state index contributed by atoms with van der Waals surface area (Å²) in [7, 11) is 0. The molecular formula is C19H32N2O2. The third kappa shape index (κ3) is 8.60. The second-order valence-electron chi connectivity index (χ2n) is 6.01. The van der Waals surface area contributed by atoms with Gasteiger partial charge in [0.15, 0.2) is 0 Å². The molecule has 130 valence electrons. The molecule has 0 aliphatic heterocycles. The summed E-state index contributed by atoms with van der Waals surface area (Å²) in [6.45, 7) is 7.88. The number of unbranched alkanes of at least 4 members (excludes halogenated alkanes) is 4. The molecule has 0 amide bonds. The number of rotatable bonds is 12. The van der Waals surface area contributed by atoms with Crippen LogP contribution in [0.1, 0.15) is 62.7 Å². The predicted molar refractivity (Wildman–Crippen MR) is 96.6 cm³/mol. The van der Waals surface area contributed by atoms with Gasteiger partial charge in [0.05, 0.1) is 5.56 Å². The second kappa shape index (κ2) is 11.9. The fourth-order valence-corrected chi connectivity index (χ4v) is 2.48. The van der Waals surface area contributed by atoms with E-state index in [1.165, 1.54) is 38.5 Å². The van der Waals surface area contributed by atoms with E-state index in [0.29, 0.717) is 17.9 Å². The van der Waals surface area contributed by atoms with Gasteiger partial charge >= 0.3 is 5.97 Å². The van der Waals surface area contributed by atoms with E-state index in [4.69, 9.17) is 10.5 Å². The minimum absolute atomic E-state index is 0.271. The van der Waals surface area contributed by atoms with Gasteiger partial charge in [0.2, 0.25) is 0 Å². The molecule has 0 aromatic heterocycles. The maximum atomic E-state index is 12.0. The minimum atomic E-state index is -0.271. The summed E-state index contributed by atoms with van der Waals surface area (Å²) in [5, 5.41) is 0. The summed E-state index contributed by atoms with van der Waals surface area (Å²) in [6, 6.07) is 6.85. The Kier molecular flexibility index (Phi) is 10.1. The number of hydrogen-bond donors (Lipinski definition) is 1. The van der Waals surface area contributed by atoms with Crippen molar-refractivity contribution in [2.45, 2.75) is 52.4 Å². The zero-order chi connectivity index (χ0) is 16.9. The summed E-state index contributed by atoms with van der Waals surface area (Å²) in [5.41, 5.74) is 6.83. The summed E-state index contributed by atoms with van der Waals surface area (Å²) in [5.74, 6) is -0.271. The first-order valence-corrected chi connectivity index (χ1v) is 8.92. The molecule has 0 atom stereocenters. The van der Waals surface area contributed by atoms with E-state index in [0.717, 1.165) is 19.6 Å². The van der Waals surface area contributed by atoms with Crippen LogP contribution in [0.25, 0.3) is 0 Å². The van der Waals surface area contributed by atoms with Crippen LogP contribution >= 0.6 is 0 Å². The van der Waals surface area contributed by atoms with E-state index in [9.17, 15) is 4.79 Å². The van der Waals surface area contributed by atoms with Gasteiger partial charge < -0.3 is 10.5 Å². The van der Waals surface area contributed by atoms with Crippen molar-refractivity contribution in [3.8, 4) is 0 Å². The Morgan fingerprint density at radius 3 is 2.04 bits per heavy atom. The van der Waals surface area contributed by atoms with Crippen LogP contribution in [0.5, 0.6) is 0 Å². The third-order valence-corrected chi connectivity index (χ3v) is 3.94. The Morgan fingerprint density at radius 1 is 0.957 bits per heavy atom. The van der Waals surface area contributed by atoms with Crippen LogP contribution in [0.2, 0.25) is 0 Å². The lowest BCUT2D eigenvalue weighted by molar-refractivity contribution is 0.0460. The lowest BCUT2D eigenvalue weighted by Crippen LogP contribution is -2.30. The number of esters is 1. The maximum Gasteiger partial charge on any atom is 0.338 e. The highest BCUT2D eigenvalue weighted by atomic mass is 16.5. The van der Waals surface area contributed by atoms with Gasteiger partial charge in [-0.1, -0.05) is 39.5 Å². The molecule has 1 rings (SSSR count). The van der Waals surface area contributed by atoms with Crippen molar-refractivity contribution in [3.05, 3.63) is 29.8 Å². The quantitative estimate of drug-likeness (QED) is 0.358. The van der Waals surface area contributed by atoms with E-state index in [1.807, 2.05) is 0 Å². The first-order valence-electron chi connectivity index (χ1n) is 8.92. The Balaban J connectivity index is 2.33. The van der Waals surface area contributed by atoms with Crippen molar-refractivity contribution in [1.29, 1.82) is 0 Å². The van der Waals surface area contributed by atoms with Gasteiger partial charge in [-0.05, 0) is 50.2 Å². The van der Waals surface area contributed by atoms with Crippen LogP contribution < -0.4 is 5.73 Å². The van der Waals surface area contributed by atoms with Gasteiger partial charge in [0.25, 0.3) is 0 Å². The standard InChI is InChI=1S/C19H32N2O2/c1-3-5-7-13-21(14-8-6-4-2)15-16-23-19(22)17-9-11-18(20)12-10-17/h9-12H,3-8,13-16,20H2,1-2H3. The molecule has 1 aromatic carbocycles. The number of carbonyl (C=O) groups excluding carboxylic acids is 1. The van der Waals surface area contributed by atoms with Crippen LogP contribution in [0.15, 0.2) is 24.3 Å². The normalized spacial score (nSPS) is 10.9. The van der Waals surface area contributed by atoms with Gasteiger partial charge in [-0.2, -0.15) is 0 Å². The highest BCUT2D eigenvalue weighted by Crippen LogP contribution is 2.07. The van der Waals surface area contributed by atoms with Gasteiger partial charge in [-0.15, -0.1) is 0 Å². The zero-order valence-electron chi connectivity index (χ0n) is 14.7. The maximum absolute atomic E-state index is 12.0. The van der Waals surface area contributed by atoms with Gasteiger partial charge in [0, 0.05) is 12.2 Å². The number of anilines is 1. The average Bonchev–Trinajstić information content (AvgIpc) is 2.55. The number of ether oxygens (including phenoxy) is 1. The van der Waals surface area contributed by atoms with Crippen molar-refractivity contribution in [3.63, 3.8) is 0 Å². The second-order valence-corrected chi connectivity index (χ2v) is 6.01. The SMILES string of the molecule is CCCCCN(CCCCC)CCOC(=O)c1ccc(N)cc1. The average molecular weight is 320 g/mol.